The second-order valence-corrected chi connectivity index (χ2v) is 9.42. The molecule has 0 bridgehead atoms. The molecule has 7 heteroatoms. The van der Waals surface area contributed by atoms with E-state index in [1.807, 2.05) is 24.3 Å². The second-order valence-electron chi connectivity index (χ2n) is 8.47. The second kappa shape index (κ2) is 10.3. The summed E-state index contributed by atoms with van der Waals surface area (Å²) in [5, 5.41) is 12.8. The van der Waals surface area contributed by atoms with E-state index in [0.717, 1.165) is 35.9 Å². The lowest BCUT2D eigenvalue weighted by molar-refractivity contribution is -0.113. The zero-order chi connectivity index (χ0) is 22.5. The molecule has 0 radical (unpaired) electrons. The molecule has 1 heterocycles. The van der Waals surface area contributed by atoms with Gasteiger partial charge in [-0.1, -0.05) is 55.1 Å². The van der Waals surface area contributed by atoms with Crippen LogP contribution in [0.4, 0.5) is 5.69 Å². The molecule has 32 heavy (non-hydrogen) atoms. The number of fused-ring (bicyclic) bond motifs is 1. The predicted molar refractivity (Wildman–Crippen MR) is 130 cm³/mol. The van der Waals surface area contributed by atoms with Crippen molar-refractivity contribution in [1.29, 1.82) is 0 Å². The number of amides is 1. The third kappa shape index (κ3) is 5.22. The van der Waals surface area contributed by atoms with Gasteiger partial charge in [-0.3, -0.25) is 9.69 Å². The van der Waals surface area contributed by atoms with Crippen molar-refractivity contribution in [3.05, 3.63) is 71.0 Å². The van der Waals surface area contributed by atoms with Crippen molar-refractivity contribution in [2.24, 2.45) is 0 Å². The zero-order valence-corrected chi connectivity index (χ0v) is 19.9. The Labute approximate surface area is 194 Å². The first-order valence-electron chi connectivity index (χ1n) is 11.2. The van der Waals surface area contributed by atoms with E-state index in [1.54, 1.807) is 0 Å². The zero-order valence-electron chi connectivity index (χ0n) is 19.0. The molecular formula is C25H31N5OS. The van der Waals surface area contributed by atoms with Crippen molar-refractivity contribution in [2.75, 3.05) is 25.2 Å². The van der Waals surface area contributed by atoms with Gasteiger partial charge in [0.05, 0.1) is 18.3 Å². The molecule has 4 rings (SSSR count). The van der Waals surface area contributed by atoms with Crippen molar-refractivity contribution < 1.29 is 4.79 Å². The molecule has 2 aromatic carbocycles. The standard InChI is InChI=1S/C25H31N5OS/c1-4-22(29(2)3)24-27-28-25(30(24)16-18-9-6-5-7-10-18)32-17-23(31)26-21-14-13-19-11-8-12-20(19)15-21/h5-7,9-10,13-15,22H,4,8,11-12,16-17H2,1-3H3,(H,26,31). The van der Waals surface area contributed by atoms with E-state index in [-0.39, 0.29) is 11.9 Å². The van der Waals surface area contributed by atoms with Crippen LogP contribution in [-0.2, 0) is 24.2 Å². The summed E-state index contributed by atoms with van der Waals surface area (Å²) in [6.07, 6.45) is 4.38. The van der Waals surface area contributed by atoms with Crippen LogP contribution in [0.3, 0.4) is 0 Å². The number of nitrogens with one attached hydrogen (secondary N) is 1. The number of hydrogen-bond acceptors (Lipinski definition) is 5. The van der Waals surface area contributed by atoms with E-state index in [4.69, 9.17) is 0 Å². The van der Waals surface area contributed by atoms with Crippen LogP contribution < -0.4 is 5.32 Å². The minimum Gasteiger partial charge on any atom is -0.325 e. The molecule has 6 nitrogen and oxygen atoms in total. The van der Waals surface area contributed by atoms with Crippen LogP contribution in [0.1, 0.15) is 48.3 Å². The summed E-state index contributed by atoms with van der Waals surface area (Å²) in [5.74, 6) is 1.20. The van der Waals surface area contributed by atoms with Crippen LogP contribution in [0, 0.1) is 0 Å². The predicted octanol–water partition coefficient (Wildman–Crippen LogP) is 4.56. The molecule has 0 fully saturated rings. The van der Waals surface area contributed by atoms with Gasteiger partial charge in [-0.25, -0.2) is 0 Å². The Morgan fingerprint density at radius 3 is 2.66 bits per heavy atom. The molecule has 0 saturated carbocycles. The number of carbonyl (C=O) groups is 1. The summed E-state index contributed by atoms with van der Waals surface area (Å²) in [6.45, 7) is 2.84. The van der Waals surface area contributed by atoms with E-state index in [2.05, 4.69) is 70.3 Å². The number of nitrogens with zero attached hydrogens (tertiary/aromatic N) is 4. The Hall–Kier alpha value is -2.64. The average Bonchev–Trinajstić information content (AvgIpc) is 3.40. The van der Waals surface area contributed by atoms with Crippen LogP contribution >= 0.6 is 11.8 Å². The first kappa shape index (κ1) is 22.6. The molecule has 3 aromatic rings. The van der Waals surface area contributed by atoms with Crippen LogP contribution in [-0.4, -0.2) is 45.4 Å². The lowest BCUT2D eigenvalue weighted by atomic mass is 10.1. The first-order chi connectivity index (χ1) is 15.5. The maximum absolute atomic E-state index is 12.7. The largest absolute Gasteiger partial charge is 0.325 e. The Morgan fingerprint density at radius 2 is 1.91 bits per heavy atom. The van der Waals surface area contributed by atoms with Gasteiger partial charge in [0.15, 0.2) is 11.0 Å². The smallest absolute Gasteiger partial charge is 0.234 e. The van der Waals surface area contributed by atoms with Gasteiger partial charge >= 0.3 is 0 Å². The maximum Gasteiger partial charge on any atom is 0.234 e. The summed E-state index contributed by atoms with van der Waals surface area (Å²) in [4.78, 5) is 14.8. The van der Waals surface area contributed by atoms with Gasteiger partial charge in [-0.2, -0.15) is 0 Å². The van der Waals surface area contributed by atoms with Gasteiger partial charge in [-0.15, -0.1) is 10.2 Å². The first-order valence-corrected chi connectivity index (χ1v) is 12.2. The third-order valence-electron chi connectivity index (χ3n) is 5.95. The van der Waals surface area contributed by atoms with Gasteiger partial charge in [-0.05, 0) is 68.6 Å². The van der Waals surface area contributed by atoms with E-state index in [1.165, 1.54) is 34.9 Å². The molecule has 1 aliphatic carbocycles. The number of rotatable bonds is 9. The van der Waals surface area contributed by atoms with E-state index in [9.17, 15) is 4.79 Å². The summed E-state index contributed by atoms with van der Waals surface area (Å²) in [5.41, 5.74) is 4.83. The molecule has 1 amide bonds. The SMILES string of the molecule is CCC(c1nnc(SCC(=O)Nc2ccc3c(c2)CCC3)n1Cc1ccccc1)N(C)C. The summed E-state index contributed by atoms with van der Waals surface area (Å²) < 4.78 is 2.15. The van der Waals surface area contributed by atoms with Crippen molar-refractivity contribution in [3.63, 3.8) is 0 Å². The minimum atomic E-state index is -0.0246. The minimum absolute atomic E-state index is 0.0246. The highest BCUT2D eigenvalue weighted by molar-refractivity contribution is 7.99. The molecule has 0 aliphatic heterocycles. The Balaban J connectivity index is 1.48. The Kier molecular flexibility index (Phi) is 7.27. The number of hydrogen-bond donors (Lipinski definition) is 1. The topological polar surface area (TPSA) is 63.1 Å². The van der Waals surface area contributed by atoms with Crippen molar-refractivity contribution in [3.8, 4) is 0 Å². The monoisotopic (exact) mass is 449 g/mol. The third-order valence-corrected chi connectivity index (χ3v) is 6.92. The number of aryl methyl sites for hydroxylation is 2. The molecule has 1 N–H and O–H groups in total. The number of aromatic nitrogens is 3. The molecule has 168 valence electrons. The van der Waals surface area contributed by atoms with Gasteiger partial charge in [0.1, 0.15) is 0 Å². The molecule has 0 spiro atoms. The molecule has 1 aromatic heterocycles. The number of benzene rings is 2. The average molecular weight is 450 g/mol. The molecule has 1 atom stereocenters. The molecular weight excluding hydrogens is 418 g/mol. The highest BCUT2D eigenvalue weighted by Crippen LogP contribution is 2.27. The number of anilines is 1. The van der Waals surface area contributed by atoms with Gasteiger partial charge < -0.3 is 9.88 Å². The number of carbonyl (C=O) groups excluding carboxylic acids is 1. The summed E-state index contributed by atoms with van der Waals surface area (Å²) in [6, 6.07) is 16.7. The van der Waals surface area contributed by atoms with E-state index >= 15 is 0 Å². The quantitative estimate of drug-likeness (QED) is 0.485. The Morgan fingerprint density at radius 1 is 1.12 bits per heavy atom. The van der Waals surface area contributed by atoms with Crippen LogP contribution in [0.5, 0.6) is 0 Å². The fourth-order valence-electron chi connectivity index (χ4n) is 4.32. The van der Waals surface area contributed by atoms with Crippen molar-refractivity contribution in [2.45, 2.75) is 50.4 Å². The van der Waals surface area contributed by atoms with Crippen LogP contribution in [0.25, 0.3) is 0 Å². The highest BCUT2D eigenvalue weighted by Gasteiger charge is 2.22. The fraction of sp³-hybridized carbons (Fsp3) is 0.400. The van der Waals surface area contributed by atoms with Crippen molar-refractivity contribution in [1.82, 2.24) is 19.7 Å². The van der Waals surface area contributed by atoms with Gasteiger partial charge in [0.2, 0.25) is 5.91 Å². The molecule has 0 saturated heterocycles. The molecule has 1 unspecified atom stereocenters. The van der Waals surface area contributed by atoms with Gasteiger partial charge in [0.25, 0.3) is 0 Å². The van der Waals surface area contributed by atoms with Gasteiger partial charge in [0, 0.05) is 5.69 Å². The molecule has 1 aliphatic rings. The normalized spacial score (nSPS) is 13.9. The van der Waals surface area contributed by atoms with Crippen molar-refractivity contribution >= 4 is 23.4 Å². The van der Waals surface area contributed by atoms with Crippen LogP contribution in [0.2, 0.25) is 0 Å². The summed E-state index contributed by atoms with van der Waals surface area (Å²) in [7, 11) is 4.12. The lowest BCUT2D eigenvalue weighted by Crippen LogP contribution is -2.23. The highest BCUT2D eigenvalue weighted by atomic mass is 32.2. The van der Waals surface area contributed by atoms with E-state index < -0.39 is 0 Å². The van der Waals surface area contributed by atoms with Crippen LogP contribution in [0.15, 0.2) is 53.7 Å². The van der Waals surface area contributed by atoms with E-state index in [0.29, 0.717) is 12.3 Å². The Bertz CT molecular complexity index is 1060. The summed E-state index contributed by atoms with van der Waals surface area (Å²) >= 11 is 1.44. The fourth-order valence-corrected chi connectivity index (χ4v) is 5.07. The maximum atomic E-state index is 12.7. The lowest BCUT2D eigenvalue weighted by Gasteiger charge is -2.23. The number of thioether (sulfide) groups is 1.